The summed E-state index contributed by atoms with van der Waals surface area (Å²) in [6.07, 6.45) is 5.82. The van der Waals surface area contributed by atoms with Crippen LogP contribution in [0, 0.1) is 12.8 Å². The fourth-order valence-electron chi connectivity index (χ4n) is 2.29. The molecule has 3 rings (SSSR count). The van der Waals surface area contributed by atoms with Gasteiger partial charge in [-0.05, 0) is 32.1 Å². The number of rotatable bonds is 8. The van der Waals surface area contributed by atoms with Crippen LogP contribution in [-0.2, 0) is 16.6 Å². The highest BCUT2D eigenvalue weighted by Gasteiger charge is 2.25. The molecule has 2 aliphatic rings. The molecule has 0 unspecified atom stereocenters. The molecule has 0 saturated heterocycles. The van der Waals surface area contributed by atoms with Gasteiger partial charge in [-0.2, -0.15) is 0 Å². The van der Waals surface area contributed by atoms with Crippen LogP contribution in [-0.4, -0.2) is 21.0 Å². The van der Waals surface area contributed by atoms with Gasteiger partial charge in [-0.25, -0.2) is 13.1 Å². The quantitative estimate of drug-likeness (QED) is 0.769. The minimum absolute atomic E-state index is 0.279. The van der Waals surface area contributed by atoms with Gasteiger partial charge in [0.25, 0.3) is 0 Å². The zero-order chi connectivity index (χ0) is 14.2. The third kappa shape index (κ3) is 3.62. The van der Waals surface area contributed by atoms with Gasteiger partial charge in [0.05, 0.1) is 6.54 Å². The standard InChI is InChI=1S/C14H22N2O3S/c1-10-14(8-13(19-10)9-15-12-4-5-12)20(17,18)16-7-6-11-2-3-11/h8,11-12,15-16H,2-7,9H2,1H3. The molecule has 1 heterocycles. The Morgan fingerprint density at radius 2 is 2.05 bits per heavy atom. The molecule has 0 bridgehead atoms. The molecule has 0 amide bonds. The number of furan rings is 1. The summed E-state index contributed by atoms with van der Waals surface area (Å²) in [6, 6.07) is 2.22. The highest BCUT2D eigenvalue weighted by atomic mass is 32.2. The van der Waals surface area contributed by atoms with E-state index in [9.17, 15) is 8.42 Å². The highest BCUT2D eigenvalue weighted by molar-refractivity contribution is 7.89. The molecule has 5 nitrogen and oxygen atoms in total. The summed E-state index contributed by atoms with van der Waals surface area (Å²) in [5.74, 6) is 1.88. The topological polar surface area (TPSA) is 71.3 Å². The van der Waals surface area contributed by atoms with Crippen molar-refractivity contribution in [3.63, 3.8) is 0 Å². The van der Waals surface area contributed by atoms with E-state index in [0.717, 1.165) is 12.3 Å². The Morgan fingerprint density at radius 1 is 1.30 bits per heavy atom. The molecule has 2 saturated carbocycles. The molecule has 1 aromatic rings. The Kier molecular flexibility index (Phi) is 3.88. The summed E-state index contributed by atoms with van der Waals surface area (Å²) in [7, 11) is -3.43. The van der Waals surface area contributed by atoms with Crippen LogP contribution >= 0.6 is 0 Å². The van der Waals surface area contributed by atoms with Crippen molar-refractivity contribution < 1.29 is 12.8 Å². The van der Waals surface area contributed by atoms with E-state index in [1.807, 2.05) is 0 Å². The van der Waals surface area contributed by atoms with Crippen LogP contribution in [0.15, 0.2) is 15.4 Å². The van der Waals surface area contributed by atoms with Crippen molar-refractivity contribution in [1.82, 2.24) is 10.0 Å². The van der Waals surface area contributed by atoms with Gasteiger partial charge in [0, 0.05) is 18.7 Å². The maximum Gasteiger partial charge on any atom is 0.244 e. The molecule has 20 heavy (non-hydrogen) atoms. The second-order valence-electron chi connectivity index (χ2n) is 5.92. The van der Waals surface area contributed by atoms with Gasteiger partial charge in [0.1, 0.15) is 16.4 Å². The fourth-order valence-corrected chi connectivity index (χ4v) is 3.54. The van der Waals surface area contributed by atoms with Gasteiger partial charge in [-0.3, -0.25) is 0 Å². The van der Waals surface area contributed by atoms with Crippen molar-refractivity contribution in [1.29, 1.82) is 0 Å². The van der Waals surface area contributed by atoms with Crippen molar-refractivity contribution in [3.8, 4) is 0 Å². The molecular formula is C14H22N2O3S. The minimum atomic E-state index is -3.43. The average Bonchev–Trinajstić information content (AvgIpc) is 3.27. The Hall–Kier alpha value is -0.850. The van der Waals surface area contributed by atoms with E-state index >= 15 is 0 Å². The summed E-state index contributed by atoms with van der Waals surface area (Å²) in [6.45, 7) is 2.83. The molecule has 0 aliphatic heterocycles. The van der Waals surface area contributed by atoms with Crippen molar-refractivity contribution in [2.75, 3.05) is 6.54 Å². The smallest absolute Gasteiger partial charge is 0.244 e. The molecule has 112 valence electrons. The van der Waals surface area contributed by atoms with E-state index in [4.69, 9.17) is 4.42 Å². The third-order valence-corrected chi connectivity index (χ3v) is 5.47. The summed E-state index contributed by atoms with van der Waals surface area (Å²) in [4.78, 5) is 0.279. The zero-order valence-electron chi connectivity index (χ0n) is 11.8. The van der Waals surface area contributed by atoms with Crippen LogP contribution in [0.25, 0.3) is 0 Å². The molecule has 2 aliphatic carbocycles. The lowest BCUT2D eigenvalue weighted by Gasteiger charge is -2.04. The Bertz CT molecular complexity index is 571. The lowest BCUT2D eigenvalue weighted by molar-refractivity contribution is 0.456. The SMILES string of the molecule is Cc1oc(CNC2CC2)cc1S(=O)(=O)NCCC1CC1. The molecule has 2 N–H and O–H groups in total. The first-order valence-electron chi connectivity index (χ1n) is 7.37. The van der Waals surface area contributed by atoms with Crippen molar-refractivity contribution in [2.45, 2.75) is 56.5 Å². The van der Waals surface area contributed by atoms with E-state index in [1.54, 1.807) is 13.0 Å². The number of sulfonamides is 1. The van der Waals surface area contributed by atoms with Gasteiger partial charge in [0.15, 0.2) is 0 Å². The van der Waals surface area contributed by atoms with Gasteiger partial charge in [0.2, 0.25) is 10.0 Å². The first kappa shape index (κ1) is 14.1. The molecule has 6 heteroatoms. The highest BCUT2D eigenvalue weighted by Crippen LogP contribution is 2.32. The van der Waals surface area contributed by atoms with Gasteiger partial charge >= 0.3 is 0 Å². The molecule has 2 fully saturated rings. The van der Waals surface area contributed by atoms with Gasteiger partial charge in [-0.1, -0.05) is 12.8 Å². The molecule has 0 aromatic carbocycles. The minimum Gasteiger partial charge on any atom is -0.464 e. The number of hydrogen-bond donors (Lipinski definition) is 2. The molecule has 0 atom stereocenters. The lowest BCUT2D eigenvalue weighted by Crippen LogP contribution is -2.25. The molecule has 0 spiro atoms. The fraction of sp³-hybridized carbons (Fsp3) is 0.714. The number of aryl methyl sites for hydroxylation is 1. The lowest BCUT2D eigenvalue weighted by atomic mass is 10.3. The molecule has 0 radical (unpaired) electrons. The van der Waals surface area contributed by atoms with Crippen LogP contribution in [0.5, 0.6) is 0 Å². The second kappa shape index (κ2) is 5.50. The average molecular weight is 298 g/mol. The number of hydrogen-bond acceptors (Lipinski definition) is 4. The Labute approximate surface area is 120 Å². The monoisotopic (exact) mass is 298 g/mol. The van der Waals surface area contributed by atoms with Gasteiger partial charge in [-0.15, -0.1) is 0 Å². The maximum atomic E-state index is 12.2. The van der Waals surface area contributed by atoms with E-state index in [0.29, 0.717) is 30.7 Å². The van der Waals surface area contributed by atoms with Crippen molar-refractivity contribution in [2.24, 2.45) is 5.92 Å². The molecular weight excluding hydrogens is 276 g/mol. The first-order valence-corrected chi connectivity index (χ1v) is 8.85. The first-order chi connectivity index (χ1) is 9.54. The summed E-state index contributed by atoms with van der Waals surface area (Å²) in [5.41, 5.74) is 0. The van der Waals surface area contributed by atoms with Crippen LogP contribution in [0.4, 0.5) is 0 Å². The summed E-state index contributed by atoms with van der Waals surface area (Å²) >= 11 is 0. The van der Waals surface area contributed by atoms with Gasteiger partial charge < -0.3 is 9.73 Å². The van der Waals surface area contributed by atoms with E-state index in [2.05, 4.69) is 10.0 Å². The predicted molar refractivity (Wildman–Crippen MR) is 75.8 cm³/mol. The Balaban J connectivity index is 1.60. The largest absolute Gasteiger partial charge is 0.464 e. The maximum absolute atomic E-state index is 12.2. The zero-order valence-corrected chi connectivity index (χ0v) is 12.6. The number of nitrogens with one attached hydrogen (secondary N) is 2. The van der Waals surface area contributed by atoms with Crippen molar-refractivity contribution in [3.05, 3.63) is 17.6 Å². The Morgan fingerprint density at radius 3 is 2.70 bits per heavy atom. The van der Waals surface area contributed by atoms with Crippen molar-refractivity contribution >= 4 is 10.0 Å². The van der Waals surface area contributed by atoms with Crippen LogP contribution in [0.1, 0.15) is 43.6 Å². The van der Waals surface area contributed by atoms with E-state index in [1.165, 1.54) is 25.7 Å². The predicted octanol–water partition coefficient (Wildman–Crippen LogP) is 1.92. The van der Waals surface area contributed by atoms with E-state index < -0.39 is 10.0 Å². The summed E-state index contributed by atoms with van der Waals surface area (Å²) < 4.78 is 32.7. The van der Waals surface area contributed by atoms with Crippen LogP contribution in [0.2, 0.25) is 0 Å². The second-order valence-corrected chi connectivity index (χ2v) is 7.65. The molecule has 1 aromatic heterocycles. The van der Waals surface area contributed by atoms with Crippen LogP contribution < -0.4 is 10.0 Å². The normalized spacial score (nSPS) is 19.4. The summed E-state index contributed by atoms with van der Waals surface area (Å²) in [5, 5.41) is 3.32. The third-order valence-electron chi connectivity index (χ3n) is 3.90. The van der Waals surface area contributed by atoms with E-state index in [-0.39, 0.29) is 4.90 Å². The van der Waals surface area contributed by atoms with Crippen LogP contribution in [0.3, 0.4) is 0 Å².